The van der Waals surface area contributed by atoms with Gasteiger partial charge in [0.15, 0.2) is 0 Å². The SMILES string of the molecule is CCCC1N(C(=O)c2cnccc2C(F)(F)F)CCCC1(Oc1csc(C(F)(F)F)c1)C(=O)N1CCC(C#N)(c2ccccc2OCC2CCC(C=O)C2)CC1. The van der Waals surface area contributed by atoms with Gasteiger partial charge >= 0.3 is 12.4 Å². The fourth-order valence-corrected chi connectivity index (χ4v) is 9.16. The number of aldehydes is 1. The summed E-state index contributed by atoms with van der Waals surface area (Å²) >= 11 is 0.377. The minimum atomic E-state index is -4.89. The highest BCUT2D eigenvalue weighted by atomic mass is 32.1. The first-order chi connectivity index (χ1) is 26.7. The molecule has 0 radical (unpaired) electrons. The molecule has 4 atom stereocenters. The van der Waals surface area contributed by atoms with E-state index in [-0.39, 0.29) is 69.3 Å². The van der Waals surface area contributed by atoms with E-state index in [1.165, 1.54) is 9.80 Å². The summed E-state index contributed by atoms with van der Waals surface area (Å²) in [7, 11) is 0. The topological polar surface area (TPSA) is 113 Å². The molecule has 0 N–H and O–H groups in total. The molecule has 1 aromatic carbocycles. The van der Waals surface area contributed by atoms with Gasteiger partial charge in [0.05, 0.1) is 35.3 Å². The van der Waals surface area contributed by atoms with Gasteiger partial charge in [-0.15, -0.1) is 11.3 Å². The molecule has 1 saturated carbocycles. The van der Waals surface area contributed by atoms with Crippen LogP contribution in [0.4, 0.5) is 26.3 Å². The lowest BCUT2D eigenvalue weighted by molar-refractivity contribution is -0.160. The molecule has 56 heavy (non-hydrogen) atoms. The highest BCUT2D eigenvalue weighted by Gasteiger charge is 2.57. The van der Waals surface area contributed by atoms with Gasteiger partial charge in [0.25, 0.3) is 11.8 Å². The van der Waals surface area contributed by atoms with Crippen molar-refractivity contribution in [3.05, 3.63) is 75.7 Å². The van der Waals surface area contributed by atoms with Crippen LogP contribution in [0.3, 0.4) is 0 Å². The zero-order valence-corrected chi connectivity index (χ0v) is 31.5. The van der Waals surface area contributed by atoms with E-state index >= 15 is 4.79 Å². The number of piperidine rings is 2. The van der Waals surface area contributed by atoms with Crippen molar-refractivity contribution >= 4 is 29.4 Å². The third-order valence-electron chi connectivity index (χ3n) is 11.3. The summed E-state index contributed by atoms with van der Waals surface area (Å²) < 4.78 is 96.1. The maximum Gasteiger partial charge on any atom is 0.425 e. The van der Waals surface area contributed by atoms with Gasteiger partial charge in [-0.3, -0.25) is 14.6 Å². The Morgan fingerprint density at radius 1 is 1.05 bits per heavy atom. The number of para-hydroxylation sites is 1. The lowest BCUT2D eigenvalue weighted by Crippen LogP contribution is -2.68. The summed E-state index contributed by atoms with van der Waals surface area (Å²) in [4.78, 5) is 45.9. The number of aromatic nitrogens is 1. The molecule has 1 aliphatic carbocycles. The van der Waals surface area contributed by atoms with E-state index in [2.05, 4.69) is 11.1 Å². The molecule has 4 unspecified atom stereocenters. The number of pyridine rings is 1. The maximum absolute atomic E-state index is 15.0. The number of ether oxygens (including phenoxy) is 2. The van der Waals surface area contributed by atoms with Crippen molar-refractivity contribution in [2.45, 2.75) is 94.1 Å². The molecule has 300 valence electrons. The van der Waals surface area contributed by atoms with Crippen LogP contribution < -0.4 is 9.47 Å². The number of carbonyl (C=O) groups is 3. The number of nitrogens with zero attached hydrogens (tertiary/aromatic N) is 4. The number of likely N-dealkylation sites (tertiary alicyclic amines) is 2. The lowest BCUT2D eigenvalue weighted by Gasteiger charge is -2.51. The Labute approximate surface area is 324 Å². The van der Waals surface area contributed by atoms with E-state index in [4.69, 9.17) is 9.47 Å². The number of rotatable bonds is 11. The first-order valence-electron chi connectivity index (χ1n) is 18.7. The van der Waals surface area contributed by atoms with Crippen molar-refractivity contribution in [1.29, 1.82) is 5.26 Å². The van der Waals surface area contributed by atoms with Gasteiger partial charge in [-0.25, -0.2) is 0 Å². The number of halogens is 6. The molecule has 0 bridgehead atoms. The molecular formula is C40H42F6N4O5S. The summed E-state index contributed by atoms with van der Waals surface area (Å²) in [6, 6.07) is 9.97. The molecule has 6 rings (SSSR count). The molecule has 2 aliphatic heterocycles. The minimum absolute atomic E-state index is 0.00357. The summed E-state index contributed by atoms with van der Waals surface area (Å²) in [6.07, 6.45) is -3.62. The van der Waals surface area contributed by atoms with Crippen LogP contribution in [0, 0.1) is 23.2 Å². The molecule has 2 amide bonds. The highest BCUT2D eigenvalue weighted by Crippen LogP contribution is 2.45. The Bertz CT molecular complexity index is 1940. The van der Waals surface area contributed by atoms with E-state index < -0.39 is 57.2 Å². The van der Waals surface area contributed by atoms with Crippen LogP contribution in [0.1, 0.15) is 91.1 Å². The standard InChI is InChI=1S/C40H42F6N4O5S/c1-2-6-33-38(55-28-20-34(56-24-28)40(44,45)46,12-5-16-50(33)35(52)29-21-48-15-11-30(29)39(41,42)43)36(53)49-17-13-37(25-47,14-18-49)31-7-3-4-8-32(31)54-23-27-10-9-26(19-27)22-51/h3-4,7-8,11,15,20-22,24,26-27,33H,2,5-6,9-10,12-14,16-19,23H2,1H3. The van der Waals surface area contributed by atoms with E-state index in [0.29, 0.717) is 41.7 Å². The van der Waals surface area contributed by atoms with Crippen LogP contribution in [0.2, 0.25) is 0 Å². The van der Waals surface area contributed by atoms with Crippen LogP contribution >= 0.6 is 11.3 Å². The van der Waals surface area contributed by atoms with Crippen LogP contribution in [-0.4, -0.2) is 70.8 Å². The van der Waals surface area contributed by atoms with Crippen LogP contribution in [0.25, 0.3) is 0 Å². The quantitative estimate of drug-likeness (QED) is 0.141. The predicted molar refractivity (Wildman–Crippen MR) is 193 cm³/mol. The molecule has 4 heterocycles. The average molecular weight is 805 g/mol. The fraction of sp³-hybridized carbons (Fsp3) is 0.525. The van der Waals surface area contributed by atoms with E-state index in [0.717, 1.165) is 49.4 Å². The van der Waals surface area contributed by atoms with Crippen LogP contribution in [-0.2, 0) is 27.4 Å². The largest absolute Gasteiger partial charge is 0.493 e. The second-order valence-corrected chi connectivity index (χ2v) is 15.7. The van der Waals surface area contributed by atoms with Gasteiger partial charge in [-0.2, -0.15) is 31.6 Å². The maximum atomic E-state index is 15.0. The highest BCUT2D eigenvalue weighted by molar-refractivity contribution is 7.10. The molecular weight excluding hydrogens is 763 g/mol. The zero-order valence-electron chi connectivity index (χ0n) is 30.7. The molecule has 9 nitrogen and oxygen atoms in total. The molecule has 0 spiro atoms. The molecule has 2 aromatic heterocycles. The van der Waals surface area contributed by atoms with E-state index in [9.17, 15) is 41.2 Å². The number of thiophene rings is 1. The number of benzene rings is 1. The molecule has 3 fully saturated rings. The molecule has 3 aromatic rings. The average Bonchev–Trinajstić information content (AvgIpc) is 3.87. The van der Waals surface area contributed by atoms with Gasteiger partial charge in [0, 0.05) is 61.4 Å². The van der Waals surface area contributed by atoms with Crippen molar-refractivity contribution in [3.63, 3.8) is 0 Å². The smallest absolute Gasteiger partial charge is 0.425 e. The monoisotopic (exact) mass is 804 g/mol. The Morgan fingerprint density at radius 2 is 1.80 bits per heavy atom. The van der Waals surface area contributed by atoms with Crippen molar-refractivity contribution in [3.8, 4) is 17.6 Å². The van der Waals surface area contributed by atoms with Crippen molar-refractivity contribution in [2.75, 3.05) is 26.2 Å². The molecule has 16 heteroatoms. The Balaban J connectivity index is 1.31. The molecule has 2 saturated heterocycles. The van der Waals surface area contributed by atoms with E-state index in [1.54, 1.807) is 25.1 Å². The predicted octanol–water partition coefficient (Wildman–Crippen LogP) is 8.48. The van der Waals surface area contributed by atoms with E-state index in [1.807, 2.05) is 6.07 Å². The Morgan fingerprint density at radius 3 is 2.45 bits per heavy atom. The van der Waals surface area contributed by atoms with Crippen molar-refractivity contribution in [2.24, 2.45) is 11.8 Å². The summed E-state index contributed by atoms with van der Waals surface area (Å²) in [5, 5.41) is 11.8. The first kappa shape index (κ1) is 41.0. The summed E-state index contributed by atoms with van der Waals surface area (Å²) in [5.41, 5.74) is -4.30. The Hall–Kier alpha value is -4.65. The lowest BCUT2D eigenvalue weighted by atomic mass is 9.72. The number of alkyl halides is 6. The normalized spacial score (nSPS) is 24.0. The number of hydrogen-bond acceptors (Lipinski definition) is 8. The second-order valence-electron chi connectivity index (χ2n) is 14.8. The number of carbonyl (C=O) groups excluding carboxylic acids is 3. The van der Waals surface area contributed by atoms with Crippen molar-refractivity contribution < 1.29 is 50.2 Å². The number of hydrogen-bond donors (Lipinski definition) is 0. The minimum Gasteiger partial charge on any atom is -0.493 e. The third kappa shape index (κ3) is 8.24. The van der Waals surface area contributed by atoms with Gasteiger partial charge in [0.1, 0.15) is 22.7 Å². The van der Waals surface area contributed by atoms with Crippen LogP contribution in [0.15, 0.2) is 54.2 Å². The number of amides is 2. The second kappa shape index (κ2) is 16.4. The summed E-state index contributed by atoms with van der Waals surface area (Å²) in [5.74, 6) is -1.18. The fourth-order valence-electron chi connectivity index (χ4n) is 8.49. The van der Waals surface area contributed by atoms with Gasteiger partial charge in [-0.1, -0.05) is 31.5 Å². The molecule has 3 aliphatic rings. The summed E-state index contributed by atoms with van der Waals surface area (Å²) in [6.45, 7) is 2.19. The third-order valence-corrected chi connectivity index (χ3v) is 12.3. The van der Waals surface area contributed by atoms with Gasteiger partial charge in [-0.05, 0) is 63.0 Å². The Kier molecular flexibility index (Phi) is 12.0. The number of nitriles is 1. The van der Waals surface area contributed by atoms with Gasteiger partial charge in [0.2, 0.25) is 5.60 Å². The zero-order chi connectivity index (χ0) is 40.3. The van der Waals surface area contributed by atoms with Crippen LogP contribution in [0.5, 0.6) is 11.5 Å². The first-order valence-corrected chi connectivity index (χ1v) is 19.6. The van der Waals surface area contributed by atoms with Gasteiger partial charge < -0.3 is 24.1 Å². The van der Waals surface area contributed by atoms with Crippen molar-refractivity contribution in [1.82, 2.24) is 14.8 Å².